The van der Waals surface area contributed by atoms with Crippen molar-refractivity contribution in [2.75, 3.05) is 11.5 Å². The van der Waals surface area contributed by atoms with Crippen LogP contribution < -0.4 is 5.32 Å². The summed E-state index contributed by atoms with van der Waals surface area (Å²) in [4.78, 5) is 4.22. The summed E-state index contributed by atoms with van der Waals surface area (Å²) in [6.45, 7) is 0.619. The van der Waals surface area contributed by atoms with Crippen LogP contribution in [0.25, 0.3) is 0 Å². The van der Waals surface area contributed by atoms with E-state index in [1.54, 1.807) is 6.20 Å². The SMILES string of the molecule is O=S1(=O)CCC(NCc2ccc(Br)cn2)C1. The molecule has 0 aliphatic carbocycles. The molecule has 1 unspecified atom stereocenters. The first-order chi connectivity index (χ1) is 7.55. The topological polar surface area (TPSA) is 59.1 Å². The smallest absolute Gasteiger partial charge is 0.151 e. The number of pyridine rings is 1. The first kappa shape index (κ1) is 12.0. The Hall–Kier alpha value is -0.460. The number of halogens is 1. The number of hydrogen-bond acceptors (Lipinski definition) is 4. The molecule has 4 nitrogen and oxygen atoms in total. The van der Waals surface area contributed by atoms with Crippen LogP contribution in [0.4, 0.5) is 0 Å². The Balaban J connectivity index is 1.87. The minimum absolute atomic E-state index is 0.0791. The molecule has 0 saturated carbocycles. The number of rotatable bonds is 3. The van der Waals surface area contributed by atoms with E-state index in [4.69, 9.17) is 0 Å². The van der Waals surface area contributed by atoms with Gasteiger partial charge in [0.2, 0.25) is 0 Å². The standard InChI is InChI=1S/C10H13BrN2O2S/c11-8-1-2-9(12-5-8)6-13-10-3-4-16(14,15)7-10/h1-2,5,10,13H,3-4,6-7H2. The van der Waals surface area contributed by atoms with Gasteiger partial charge in [-0.2, -0.15) is 0 Å². The first-order valence-corrected chi connectivity index (χ1v) is 7.71. The molecule has 1 aromatic rings. The molecular formula is C10H13BrN2O2S. The van der Waals surface area contributed by atoms with Crippen LogP contribution in [-0.2, 0) is 16.4 Å². The molecule has 2 rings (SSSR count). The summed E-state index contributed by atoms with van der Waals surface area (Å²) in [5, 5.41) is 3.22. The van der Waals surface area contributed by atoms with Gasteiger partial charge >= 0.3 is 0 Å². The molecule has 1 aliphatic rings. The molecule has 0 radical (unpaired) electrons. The van der Waals surface area contributed by atoms with Crippen LogP contribution in [0.2, 0.25) is 0 Å². The largest absolute Gasteiger partial charge is 0.307 e. The highest BCUT2D eigenvalue weighted by Gasteiger charge is 2.27. The van der Waals surface area contributed by atoms with Crippen LogP contribution in [0.1, 0.15) is 12.1 Å². The van der Waals surface area contributed by atoms with Gasteiger partial charge in [0.05, 0.1) is 17.2 Å². The van der Waals surface area contributed by atoms with Crippen molar-refractivity contribution in [3.05, 3.63) is 28.5 Å². The van der Waals surface area contributed by atoms with Crippen molar-refractivity contribution in [1.82, 2.24) is 10.3 Å². The highest BCUT2D eigenvalue weighted by molar-refractivity contribution is 9.10. The molecular weight excluding hydrogens is 292 g/mol. The van der Waals surface area contributed by atoms with Crippen molar-refractivity contribution in [3.8, 4) is 0 Å². The van der Waals surface area contributed by atoms with Gasteiger partial charge in [0.25, 0.3) is 0 Å². The number of hydrogen-bond donors (Lipinski definition) is 1. The third kappa shape index (κ3) is 3.26. The van der Waals surface area contributed by atoms with E-state index in [2.05, 4.69) is 26.2 Å². The molecule has 16 heavy (non-hydrogen) atoms. The summed E-state index contributed by atoms with van der Waals surface area (Å²) in [5.74, 6) is 0.558. The number of aromatic nitrogens is 1. The highest BCUT2D eigenvalue weighted by Crippen LogP contribution is 2.12. The van der Waals surface area contributed by atoms with Crippen LogP contribution in [0.3, 0.4) is 0 Å². The van der Waals surface area contributed by atoms with Gasteiger partial charge in [0.1, 0.15) is 0 Å². The Kier molecular flexibility index (Phi) is 3.61. The molecule has 1 aromatic heterocycles. The second kappa shape index (κ2) is 4.81. The Morgan fingerprint density at radius 1 is 1.50 bits per heavy atom. The summed E-state index contributed by atoms with van der Waals surface area (Å²) >= 11 is 3.32. The fraction of sp³-hybridized carbons (Fsp3) is 0.500. The maximum Gasteiger partial charge on any atom is 0.151 e. The fourth-order valence-corrected chi connectivity index (χ4v) is 3.66. The summed E-state index contributed by atoms with van der Waals surface area (Å²) in [5.41, 5.74) is 0.924. The zero-order valence-electron chi connectivity index (χ0n) is 8.69. The van der Waals surface area contributed by atoms with Gasteiger partial charge in [-0.25, -0.2) is 8.42 Å². The monoisotopic (exact) mass is 304 g/mol. The summed E-state index contributed by atoms with van der Waals surface area (Å²) in [6, 6.07) is 3.92. The summed E-state index contributed by atoms with van der Waals surface area (Å²) in [7, 11) is -2.80. The third-order valence-corrected chi connectivity index (χ3v) is 4.83. The highest BCUT2D eigenvalue weighted by atomic mass is 79.9. The fourth-order valence-electron chi connectivity index (χ4n) is 1.72. The van der Waals surface area contributed by atoms with Crippen molar-refractivity contribution in [2.24, 2.45) is 0 Å². The molecule has 0 spiro atoms. The lowest BCUT2D eigenvalue weighted by atomic mass is 10.2. The average Bonchev–Trinajstić information content (AvgIpc) is 2.58. The summed E-state index contributed by atoms with van der Waals surface area (Å²) in [6.07, 6.45) is 2.45. The van der Waals surface area contributed by atoms with Crippen LogP contribution in [0.5, 0.6) is 0 Å². The van der Waals surface area contributed by atoms with E-state index >= 15 is 0 Å². The zero-order chi connectivity index (χ0) is 11.6. The van der Waals surface area contributed by atoms with Gasteiger partial charge in [0.15, 0.2) is 9.84 Å². The Morgan fingerprint density at radius 2 is 2.31 bits per heavy atom. The number of sulfone groups is 1. The molecule has 0 bridgehead atoms. The molecule has 2 heterocycles. The molecule has 1 atom stereocenters. The lowest BCUT2D eigenvalue weighted by Crippen LogP contribution is -2.29. The molecule has 1 N–H and O–H groups in total. The lowest BCUT2D eigenvalue weighted by Gasteiger charge is -2.09. The Morgan fingerprint density at radius 3 is 2.88 bits per heavy atom. The molecule has 1 saturated heterocycles. The Labute approximate surface area is 104 Å². The maximum atomic E-state index is 11.2. The van der Waals surface area contributed by atoms with E-state index in [9.17, 15) is 8.42 Å². The quantitative estimate of drug-likeness (QED) is 0.909. The predicted octanol–water partition coefficient (Wildman–Crippen LogP) is 1.12. The van der Waals surface area contributed by atoms with Crippen LogP contribution in [0, 0.1) is 0 Å². The van der Waals surface area contributed by atoms with Crippen molar-refractivity contribution in [1.29, 1.82) is 0 Å². The van der Waals surface area contributed by atoms with E-state index in [1.165, 1.54) is 0 Å². The average molecular weight is 305 g/mol. The van der Waals surface area contributed by atoms with Gasteiger partial charge in [-0.05, 0) is 34.5 Å². The number of nitrogens with zero attached hydrogens (tertiary/aromatic N) is 1. The minimum Gasteiger partial charge on any atom is -0.307 e. The van der Waals surface area contributed by atoms with Gasteiger partial charge < -0.3 is 5.32 Å². The zero-order valence-corrected chi connectivity index (χ0v) is 11.1. The maximum absolute atomic E-state index is 11.2. The first-order valence-electron chi connectivity index (χ1n) is 5.09. The molecule has 6 heteroatoms. The molecule has 0 amide bonds. The van der Waals surface area contributed by atoms with Gasteiger partial charge in [-0.3, -0.25) is 4.98 Å². The second-order valence-electron chi connectivity index (χ2n) is 3.95. The molecule has 1 fully saturated rings. The Bertz CT molecular complexity index is 458. The van der Waals surface area contributed by atoms with Gasteiger partial charge in [0, 0.05) is 23.3 Å². The second-order valence-corrected chi connectivity index (χ2v) is 7.09. The number of nitrogens with one attached hydrogen (secondary N) is 1. The van der Waals surface area contributed by atoms with Crippen molar-refractivity contribution in [3.63, 3.8) is 0 Å². The van der Waals surface area contributed by atoms with Crippen LogP contribution in [-0.4, -0.2) is 30.9 Å². The van der Waals surface area contributed by atoms with E-state index in [1.807, 2.05) is 12.1 Å². The molecule has 88 valence electrons. The van der Waals surface area contributed by atoms with Crippen molar-refractivity contribution < 1.29 is 8.42 Å². The van der Waals surface area contributed by atoms with Gasteiger partial charge in [-0.1, -0.05) is 0 Å². The third-order valence-electron chi connectivity index (χ3n) is 2.59. The predicted molar refractivity (Wildman–Crippen MR) is 65.8 cm³/mol. The van der Waals surface area contributed by atoms with Crippen LogP contribution in [0.15, 0.2) is 22.8 Å². The minimum atomic E-state index is -2.80. The van der Waals surface area contributed by atoms with E-state index in [-0.39, 0.29) is 11.8 Å². The van der Waals surface area contributed by atoms with E-state index in [0.717, 1.165) is 10.2 Å². The van der Waals surface area contributed by atoms with E-state index < -0.39 is 9.84 Å². The lowest BCUT2D eigenvalue weighted by molar-refractivity contribution is 0.548. The van der Waals surface area contributed by atoms with Crippen molar-refractivity contribution in [2.45, 2.75) is 19.0 Å². The van der Waals surface area contributed by atoms with E-state index in [0.29, 0.717) is 18.7 Å². The summed E-state index contributed by atoms with van der Waals surface area (Å²) < 4.78 is 23.4. The van der Waals surface area contributed by atoms with Crippen molar-refractivity contribution >= 4 is 25.8 Å². The normalized spacial score (nSPS) is 23.4. The van der Waals surface area contributed by atoms with Gasteiger partial charge in [-0.15, -0.1) is 0 Å². The molecule has 1 aliphatic heterocycles. The molecule has 0 aromatic carbocycles. The van der Waals surface area contributed by atoms with Crippen LogP contribution >= 0.6 is 15.9 Å².